The second-order valence-electron chi connectivity index (χ2n) is 6.28. The topological polar surface area (TPSA) is 88.1 Å². The van der Waals surface area contributed by atoms with Crippen LogP contribution < -0.4 is 11.2 Å². The van der Waals surface area contributed by atoms with E-state index >= 15 is 0 Å². The van der Waals surface area contributed by atoms with E-state index in [1.807, 2.05) is 6.92 Å². The van der Waals surface area contributed by atoms with Gasteiger partial charge in [0.2, 0.25) is 0 Å². The van der Waals surface area contributed by atoms with Crippen molar-refractivity contribution >= 4 is 5.91 Å². The van der Waals surface area contributed by atoms with Gasteiger partial charge in [0.1, 0.15) is 5.56 Å². The third-order valence-corrected chi connectivity index (χ3v) is 4.70. The Morgan fingerprint density at radius 2 is 2.16 bits per heavy atom. The number of nitrogens with zero attached hydrogens (tertiary/aromatic N) is 3. The van der Waals surface area contributed by atoms with Crippen molar-refractivity contribution in [3.8, 4) is 0 Å². The minimum absolute atomic E-state index is 0.0101. The molecule has 3 rings (SSSR count). The quantitative estimate of drug-likeness (QED) is 0.909. The Bertz CT molecular complexity index is 857. The first-order chi connectivity index (χ1) is 12.1. The van der Waals surface area contributed by atoms with Crippen LogP contribution in [0.2, 0.25) is 0 Å². The molecule has 1 N–H and O–H groups in total. The van der Waals surface area contributed by atoms with Crippen LogP contribution in [0.25, 0.3) is 0 Å². The molecule has 1 unspecified atom stereocenters. The lowest BCUT2D eigenvalue weighted by Gasteiger charge is -2.35. The van der Waals surface area contributed by atoms with Crippen LogP contribution in [0.4, 0.5) is 0 Å². The average Bonchev–Trinajstić information content (AvgIpc) is 2.65. The SMILES string of the molecule is CCC1CCCCN1C(=O)c1c[nH]c(=O)n(Cc2ccccn2)c1=O. The molecule has 0 bridgehead atoms. The molecule has 25 heavy (non-hydrogen) atoms. The number of piperidine rings is 1. The van der Waals surface area contributed by atoms with E-state index in [-0.39, 0.29) is 24.1 Å². The van der Waals surface area contributed by atoms with Gasteiger partial charge in [0.25, 0.3) is 11.5 Å². The number of hydrogen-bond acceptors (Lipinski definition) is 4. The number of pyridine rings is 1. The highest BCUT2D eigenvalue weighted by Gasteiger charge is 2.28. The maximum absolute atomic E-state index is 12.9. The molecule has 2 aromatic heterocycles. The molecule has 1 aliphatic heterocycles. The van der Waals surface area contributed by atoms with Crippen molar-refractivity contribution in [2.45, 2.75) is 45.2 Å². The van der Waals surface area contributed by atoms with Gasteiger partial charge in [0.15, 0.2) is 0 Å². The van der Waals surface area contributed by atoms with Gasteiger partial charge >= 0.3 is 5.69 Å². The maximum Gasteiger partial charge on any atom is 0.328 e. The minimum atomic E-state index is -0.570. The van der Waals surface area contributed by atoms with Gasteiger partial charge in [0, 0.05) is 25.0 Å². The summed E-state index contributed by atoms with van der Waals surface area (Å²) in [6, 6.07) is 5.43. The molecule has 0 spiro atoms. The minimum Gasteiger partial charge on any atom is -0.335 e. The number of amides is 1. The molecule has 0 saturated carbocycles. The van der Waals surface area contributed by atoms with E-state index in [1.165, 1.54) is 6.20 Å². The molecule has 132 valence electrons. The van der Waals surface area contributed by atoms with Crippen LogP contribution >= 0.6 is 0 Å². The van der Waals surface area contributed by atoms with Crippen molar-refractivity contribution < 1.29 is 4.79 Å². The summed E-state index contributed by atoms with van der Waals surface area (Å²) >= 11 is 0. The summed E-state index contributed by atoms with van der Waals surface area (Å²) in [7, 11) is 0. The van der Waals surface area contributed by atoms with Crippen molar-refractivity contribution in [2.24, 2.45) is 0 Å². The number of aromatic nitrogens is 3. The molecule has 1 amide bonds. The van der Waals surface area contributed by atoms with Gasteiger partial charge in [-0.25, -0.2) is 4.79 Å². The van der Waals surface area contributed by atoms with E-state index in [0.29, 0.717) is 12.2 Å². The fourth-order valence-electron chi connectivity index (χ4n) is 3.31. The third kappa shape index (κ3) is 3.55. The molecule has 0 aliphatic carbocycles. The van der Waals surface area contributed by atoms with Crippen molar-refractivity contribution in [2.75, 3.05) is 6.54 Å². The molecule has 7 nitrogen and oxygen atoms in total. The highest BCUT2D eigenvalue weighted by Crippen LogP contribution is 2.20. The van der Waals surface area contributed by atoms with Crippen molar-refractivity contribution in [1.82, 2.24) is 19.4 Å². The lowest BCUT2D eigenvalue weighted by Crippen LogP contribution is -2.47. The molecule has 1 atom stereocenters. The van der Waals surface area contributed by atoms with Gasteiger partial charge in [-0.2, -0.15) is 0 Å². The Hall–Kier alpha value is -2.70. The molecule has 2 aromatic rings. The fraction of sp³-hybridized carbons (Fsp3) is 0.444. The summed E-state index contributed by atoms with van der Waals surface area (Å²) in [5.74, 6) is -0.303. The number of nitrogens with one attached hydrogen (secondary N) is 1. The van der Waals surface area contributed by atoms with Gasteiger partial charge in [-0.3, -0.25) is 19.1 Å². The summed E-state index contributed by atoms with van der Waals surface area (Å²) in [6.07, 6.45) is 6.68. The maximum atomic E-state index is 12.9. The largest absolute Gasteiger partial charge is 0.335 e. The molecular weight excluding hydrogens is 320 g/mol. The summed E-state index contributed by atoms with van der Waals surface area (Å²) < 4.78 is 1.03. The lowest BCUT2D eigenvalue weighted by atomic mass is 9.99. The normalized spacial score (nSPS) is 17.5. The Labute approximate surface area is 145 Å². The van der Waals surface area contributed by atoms with Crippen LogP contribution in [0.3, 0.4) is 0 Å². The number of hydrogen-bond donors (Lipinski definition) is 1. The van der Waals surface area contributed by atoms with Crippen LogP contribution in [-0.2, 0) is 6.54 Å². The second-order valence-corrected chi connectivity index (χ2v) is 6.28. The van der Waals surface area contributed by atoms with Crippen LogP contribution in [0.5, 0.6) is 0 Å². The van der Waals surface area contributed by atoms with E-state index in [4.69, 9.17) is 0 Å². The monoisotopic (exact) mass is 342 g/mol. The average molecular weight is 342 g/mol. The fourth-order valence-corrected chi connectivity index (χ4v) is 3.31. The summed E-state index contributed by atoms with van der Waals surface area (Å²) in [5.41, 5.74) is -0.516. The zero-order valence-electron chi connectivity index (χ0n) is 14.3. The smallest absolute Gasteiger partial charge is 0.328 e. The first kappa shape index (κ1) is 17.1. The van der Waals surface area contributed by atoms with Gasteiger partial charge < -0.3 is 9.88 Å². The number of carbonyl (C=O) groups excluding carboxylic acids is 1. The van der Waals surface area contributed by atoms with Crippen LogP contribution in [0, 0.1) is 0 Å². The highest BCUT2D eigenvalue weighted by molar-refractivity contribution is 5.93. The predicted molar refractivity (Wildman–Crippen MR) is 93.6 cm³/mol. The van der Waals surface area contributed by atoms with E-state index in [1.54, 1.807) is 29.3 Å². The number of carbonyl (C=O) groups is 1. The Balaban J connectivity index is 1.95. The first-order valence-electron chi connectivity index (χ1n) is 8.65. The van der Waals surface area contributed by atoms with E-state index in [9.17, 15) is 14.4 Å². The Morgan fingerprint density at radius 3 is 2.88 bits per heavy atom. The Kier molecular flexibility index (Phi) is 5.11. The molecule has 0 aromatic carbocycles. The summed E-state index contributed by atoms with van der Waals surface area (Å²) in [4.78, 5) is 46.1. The summed E-state index contributed by atoms with van der Waals surface area (Å²) in [5, 5.41) is 0. The number of aromatic amines is 1. The summed E-state index contributed by atoms with van der Waals surface area (Å²) in [6.45, 7) is 2.73. The lowest BCUT2D eigenvalue weighted by molar-refractivity contribution is 0.0605. The predicted octanol–water partition coefficient (Wildman–Crippen LogP) is 1.38. The molecular formula is C18H22N4O3. The molecule has 3 heterocycles. The van der Waals surface area contributed by atoms with E-state index in [0.717, 1.165) is 30.3 Å². The number of likely N-dealkylation sites (tertiary alicyclic amines) is 1. The molecule has 1 fully saturated rings. The van der Waals surface area contributed by atoms with Gasteiger partial charge in [-0.1, -0.05) is 13.0 Å². The first-order valence-corrected chi connectivity index (χ1v) is 8.65. The number of H-pyrrole nitrogens is 1. The van der Waals surface area contributed by atoms with Crippen LogP contribution in [0.15, 0.2) is 40.2 Å². The van der Waals surface area contributed by atoms with E-state index in [2.05, 4.69) is 9.97 Å². The molecule has 1 aliphatic rings. The van der Waals surface area contributed by atoms with Crippen LogP contribution in [0.1, 0.15) is 48.7 Å². The molecule has 1 saturated heterocycles. The highest BCUT2D eigenvalue weighted by atomic mass is 16.2. The molecule has 7 heteroatoms. The zero-order valence-corrected chi connectivity index (χ0v) is 14.3. The van der Waals surface area contributed by atoms with Gasteiger partial charge in [-0.05, 0) is 37.8 Å². The van der Waals surface area contributed by atoms with E-state index < -0.39 is 11.2 Å². The Morgan fingerprint density at radius 1 is 1.32 bits per heavy atom. The van der Waals surface area contributed by atoms with Crippen molar-refractivity contribution in [3.63, 3.8) is 0 Å². The van der Waals surface area contributed by atoms with Crippen molar-refractivity contribution in [3.05, 3.63) is 62.7 Å². The van der Waals surface area contributed by atoms with Gasteiger partial charge in [-0.15, -0.1) is 0 Å². The molecule has 0 radical (unpaired) electrons. The van der Waals surface area contributed by atoms with Gasteiger partial charge in [0.05, 0.1) is 12.2 Å². The second kappa shape index (κ2) is 7.46. The zero-order chi connectivity index (χ0) is 17.8. The third-order valence-electron chi connectivity index (χ3n) is 4.70. The van der Waals surface area contributed by atoms with Crippen molar-refractivity contribution in [1.29, 1.82) is 0 Å². The number of rotatable bonds is 4. The standard InChI is InChI=1S/C18H22N4O3/c1-2-14-8-4-6-10-21(14)16(23)15-11-20-18(25)22(17(15)24)12-13-7-3-5-9-19-13/h3,5,7,9,11,14H,2,4,6,8,10,12H2,1H3,(H,20,25). The van der Waals surface area contributed by atoms with Crippen LogP contribution in [-0.4, -0.2) is 37.9 Å².